The molecule has 2 aliphatic heterocycles. The van der Waals surface area contributed by atoms with Crippen LogP contribution in [0.25, 0.3) is 33.1 Å². The molecule has 2 aromatic heterocycles. The number of fused-ring (bicyclic) bond motifs is 3. The van der Waals surface area contributed by atoms with E-state index in [0.717, 1.165) is 46.7 Å². The number of ether oxygens (including phenoxy) is 3. The summed E-state index contributed by atoms with van der Waals surface area (Å²) in [6, 6.07) is 22.0. The average Bonchev–Trinajstić information content (AvgIpc) is 3.79. The van der Waals surface area contributed by atoms with Crippen LogP contribution in [0.3, 0.4) is 0 Å². The molecule has 7 aromatic rings. The smallest absolute Gasteiger partial charge is 0.278 e. The lowest BCUT2D eigenvalue weighted by atomic mass is 10.00. The Balaban J connectivity index is 1.01. The van der Waals surface area contributed by atoms with Crippen LogP contribution in [0, 0.1) is 24.4 Å². The first-order valence-electron chi connectivity index (χ1n) is 17.3. The van der Waals surface area contributed by atoms with Gasteiger partial charge < -0.3 is 24.1 Å². The SMILES string of the molecule is Cc1[nH]nc2ccc(C(=O)Nc3ccc4c(c3)nc(Cc3cc(F)c(-c5cccc6c5OC(C)(c5ccc(Cl)cc5F)O6)cc3F)n4C[C@@H]3CCO3)cc12. The fourth-order valence-corrected chi connectivity index (χ4v) is 7.28. The Morgan fingerprint density at radius 2 is 1.81 bits per heavy atom. The molecule has 1 saturated heterocycles. The Morgan fingerprint density at radius 1 is 0.963 bits per heavy atom. The molecule has 1 fully saturated rings. The second kappa shape index (κ2) is 12.9. The number of amides is 1. The van der Waals surface area contributed by atoms with E-state index in [1.54, 1.807) is 55.5 Å². The lowest BCUT2D eigenvalue weighted by Crippen LogP contribution is -2.32. The van der Waals surface area contributed by atoms with Crippen molar-refractivity contribution in [3.8, 4) is 22.6 Å². The summed E-state index contributed by atoms with van der Waals surface area (Å²) in [5, 5.41) is 11.2. The van der Waals surface area contributed by atoms with Gasteiger partial charge in [0.05, 0.1) is 34.8 Å². The summed E-state index contributed by atoms with van der Waals surface area (Å²) in [7, 11) is 0. The van der Waals surface area contributed by atoms with E-state index in [1.165, 1.54) is 12.1 Å². The van der Waals surface area contributed by atoms with Crippen molar-refractivity contribution in [3.63, 3.8) is 0 Å². The summed E-state index contributed by atoms with van der Waals surface area (Å²) < 4.78 is 66.9. The van der Waals surface area contributed by atoms with Crippen LogP contribution < -0.4 is 14.8 Å². The number of hydrogen-bond acceptors (Lipinski definition) is 6. The largest absolute Gasteiger partial charge is 0.444 e. The van der Waals surface area contributed by atoms with Gasteiger partial charge in [0.25, 0.3) is 11.7 Å². The summed E-state index contributed by atoms with van der Waals surface area (Å²) in [6.07, 6.45) is 0.805. The van der Waals surface area contributed by atoms with Crippen molar-refractivity contribution in [1.29, 1.82) is 0 Å². The van der Waals surface area contributed by atoms with Crippen LogP contribution >= 0.6 is 11.6 Å². The Morgan fingerprint density at radius 3 is 2.61 bits per heavy atom. The van der Waals surface area contributed by atoms with Gasteiger partial charge in [0.2, 0.25) is 0 Å². The van der Waals surface area contributed by atoms with E-state index in [4.69, 9.17) is 30.8 Å². The van der Waals surface area contributed by atoms with Crippen molar-refractivity contribution in [2.45, 2.75) is 45.1 Å². The number of halogens is 4. The lowest BCUT2D eigenvalue weighted by Gasteiger charge is -2.27. The topological polar surface area (TPSA) is 103 Å². The zero-order valence-electron chi connectivity index (χ0n) is 29.0. The minimum atomic E-state index is -1.57. The van der Waals surface area contributed by atoms with Gasteiger partial charge in [-0.1, -0.05) is 23.7 Å². The van der Waals surface area contributed by atoms with E-state index in [9.17, 15) is 9.18 Å². The molecule has 13 heteroatoms. The third-order valence-corrected chi connectivity index (χ3v) is 10.3. The molecule has 9 rings (SSSR count). The molecule has 2 atom stereocenters. The van der Waals surface area contributed by atoms with Crippen LogP contribution in [-0.2, 0) is 23.5 Å². The summed E-state index contributed by atoms with van der Waals surface area (Å²) in [4.78, 5) is 18.1. The number of rotatable bonds is 8. The molecule has 0 spiro atoms. The van der Waals surface area contributed by atoms with Crippen LogP contribution in [0.15, 0.2) is 84.9 Å². The zero-order valence-corrected chi connectivity index (χ0v) is 29.7. The van der Waals surface area contributed by atoms with Gasteiger partial charge in [0.15, 0.2) is 11.5 Å². The van der Waals surface area contributed by atoms with Gasteiger partial charge in [-0.15, -0.1) is 0 Å². The third-order valence-electron chi connectivity index (χ3n) is 10.0. The summed E-state index contributed by atoms with van der Waals surface area (Å²) >= 11 is 5.95. The molecule has 1 amide bonds. The Labute approximate surface area is 311 Å². The van der Waals surface area contributed by atoms with E-state index >= 15 is 8.78 Å². The van der Waals surface area contributed by atoms with Crippen molar-refractivity contribution in [3.05, 3.63) is 136 Å². The number of aromatic amines is 1. The molecule has 4 heterocycles. The average molecular weight is 750 g/mol. The molecule has 0 saturated carbocycles. The van der Waals surface area contributed by atoms with Crippen LogP contribution in [0.5, 0.6) is 11.5 Å². The molecular formula is C41H31ClF3N5O4. The first-order valence-corrected chi connectivity index (χ1v) is 17.7. The van der Waals surface area contributed by atoms with Crippen molar-refractivity contribution < 1.29 is 32.2 Å². The maximum Gasteiger partial charge on any atom is 0.278 e. The second-order valence-electron chi connectivity index (χ2n) is 13.7. The number of aryl methyl sites for hydroxylation is 1. The number of H-pyrrole nitrogens is 1. The number of anilines is 1. The first kappa shape index (κ1) is 34.0. The number of nitrogens with zero attached hydrogens (tertiary/aromatic N) is 3. The summed E-state index contributed by atoms with van der Waals surface area (Å²) in [6.45, 7) is 4.57. The Hall–Kier alpha value is -5.85. The maximum absolute atomic E-state index is 16.1. The van der Waals surface area contributed by atoms with Gasteiger partial charge in [-0.2, -0.15) is 5.10 Å². The zero-order chi connectivity index (χ0) is 37.3. The van der Waals surface area contributed by atoms with Crippen molar-refractivity contribution in [2.75, 3.05) is 11.9 Å². The molecule has 1 unspecified atom stereocenters. The molecule has 0 bridgehead atoms. The van der Waals surface area contributed by atoms with E-state index in [2.05, 4.69) is 15.5 Å². The van der Waals surface area contributed by atoms with Gasteiger partial charge in [-0.3, -0.25) is 9.89 Å². The van der Waals surface area contributed by atoms with Crippen LogP contribution in [0.1, 0.15) is 46.3 Å². The number of para-hydroxylation sites is 1. The summed E-state index contributed by atoms with van der Waals surface area (Å²) in [5.74, 6) is -2.90. The van der Waals surface area contributed by atoms with Crippen LogP contribution in [0.4, 0.5) is 18.9 Å². The number of nitrogens with one attached hydrogen (secondary N) is 2. The summed E-state index contributed by atoms with van der Waals surface area (Å²) in [5.41, 5.74) is 4.39. The molecule has 0 radical (unpaired) electrons. The second-order valence-corrected chi connectivity index (χ2v) is 14.1. The van der Waals surface area contributed by atoms with E-state index < -0.39 is 23.2 Å². The number of carbonyl (C=O) groups is 1. The molecule has 54 heavy (non-hydrogen) atoms. The number of benzene rings is 5. The van der Waals surface area contributed by atoms with Gasteiger partial charge in [0.1, 0.15) is 23.3 Å². The predicted molar refractivity (Wildman–Crippen MR) is 197 cm³/mol. The highest BCUT2D eigenvalue weighted by molar-refractivity contribution is 6.30. The quantitative estimate of drug-likeness (QED) is 0.161. The van der Waals surface area contributed by atoms with Crippen molar-refractivity contribution >= 4 is 45.1 Å². The predicted octanol–water partition coefficient (Wildman–Crippen LogP) is 9.23. The molecule has 9 nitrogen and oxygen atoms in total. The van der Waals surface area contributed by atoms with E-state index in [1.807, 2.05) is 17.6 Å². The Kier molecular flexibility index (Phi) is 8.13. The highest BCUT2D eigenvalue weighted by Crippen LogP contribution is 2.50. The number of carbonyl (C=O) groups excluding carboxylic acids is 1. The molecule has 5 aromatic carbocycles. The van der Waals surface area contributed by atoms with Gasteiger partial charge in [0, 0.05) is 58.4 Å². The fourth-order valence-electron chi connectivity index (χ4n) is 7.12. The van der Waals surface area contributed by atoms with Crippen molar-refractivity contribution in [1.82, 2.24) is 19.7 Å². The minimum absolute atomic E-state index is 0.0172. The van der Waals surface area contributed by atoms with Crippen LogP contribution in [0.2, 0.25) is 5.02 Å². The monoisotopic (exact) mass is 749 g/mol. The molecular weight excluding hydrogens is 719 g/mol. The maximum atomic E-state index is 16.1. The standard InChI is InChI=1S/C41H31ClF3N5O4/c1-21-28-14-22(6-10-34(28)49-48-21)40(51)46-25-8-11-36-35(18-25)47-38(50(36)20-26-12-13-52-26)16-23-15-32(44)29(19-31(23)43)27-4-3-5-37-39(27)54-41(2,53-37)30-9-7-24(42)17-33(30)45/h3-11,14-15,17-19,26H,12-13,16,20H2,1-2H3,(H,46,51)(H,48,49)/t26-,41?/m0/s1. The first-order chi connectivity index (χ1) is 26.0. The van der Waals surface area contributed by atoms with Crippen molar-refractivity contribution in [2.24, 2.45) is 0 Å². The molecule has 0 aliphatic carbocycles. The fraction of sp³-hybridized carbons (Fsp3) is 0.195. The number of imidazole rings is 1. The normalized spacial score (nSPS) is 17.6. The lowest BCUT2D eigenvalue weighted by molar-refractivity contribution is -0.0705. The van der Waals surface area contributed by atoms with Gasteiger partial charge >= 0.3 is 0 Å². The number of hydrogen-bond donors (Lipinski definition) is 2. The minimum Gasteiger partial charge on any atom is -0.444 e. The van der Waals surface area contributed by atoms with Gasteiger partial charge in [-0.25, -0.2) is 18.2 Å². The van der Waals surface area contributed by atoms with Gasteiger partial charge in [-0.05, 0) is 91.7 Å². The van der Waals surface area contributed by atoms with E-state index in [-0.39, 0.29) is 57.2 Å². The van der Waals surface area contributed by atoms with E-state index in [0.29, 0.717) is 35.7 Å². The third kappa shape index (κ3) is 5.91. The highest BCUT2D eigenvalue weighted by atomic mass is 35.5. The highest BCUT2D eigenvalue weighted by Gasteiger charge is 2.42. The molecule has 2 N–H and O–H groups in total. The number of aromatic nitrogens is 4. The molecule has 272 valence electrons. The Bertz CT molecular complexity index is 2660. The van der Waals surface area contributed by atoms with Crippen LogP contribution in [-0.4, -0.2) is 38.4 Å². The molecule has 2 aliphatic rings.